The van der Waals surface area contributed by atoms with Gasteiger partial charge in [-0.2, -0.15) is 0 Å². The average Bonchev–Trinajstić information content (AvgIpc) is 2.88. The van der Waals surface area contributed by atoms with Gasteiger partial charge in [-0.1, -0.05) is 52.0 Å². The normalized spacial score (nSPS) is 15.7. The number of likely N-dealkylation sites (N-methyl/N-ethyl adjacent to an activating group) is 1. The zero-order valence-corrected chi connectivity index (χ0v) is 20.6. The van der Waals surface area contributed by atoms with E-state index in [-0.39, 0.29) is 5.91 Å². The molecule has 3 rings (SSSR count). The van der Waals surface area contributed by atoms with E-state index in [0.29, 0.717) is 22.4 Å². The molecule has 8 heteroatoms. The van der Waals surface area contributed by atoms with Crippen LogP contribution in [0.4, 0.5) is 0 Å². The van der Waals surface area contributed by atoms with Crippen molar-refractivity contribution in [3.63, 3.8) is 0 Å². The largest absolute Gasteiger partial charge is 0.487 e. The molecule has 0 saturated carbocycles. The van der Waals surface area contributed by atoms with E-state index in [1.807, 2.05) is 49.4 Å². The molecule has 0 spiro atoms. The molecule has 0 N–H and O–H groups in total. The summed E-state index contributed by atoms with van der Waals surface area (Å²) in [6.45, 7) is 2.95. The fourth-order valence-corrected chi connectivity index (χ4v) is 5.56. The molecule has 1 heterocycles. The molecule has 1 aliphatic rings. The van der Waals surface area contributed by atoms with Gasteiger partial charge in [0.1, 0.15) is 16.7 Å². The Morgan fingerprint density at radius 2 is 1.78 bits per heavy atom. The molecule has 1 aliphatic heterocycles. The topological polar surface area (TPSA) is 29.5 Å². The lowest BCUT2D eigenvalue weighted by molar-refractivity contribution is -0.121. The molecule has 27 heavy (non-hydrogen) atoms. The fourth-order valence-electron chi connectivity index (χ4n) is 2.46. The van der Waals surface area contributed by atoms with Gasteiger partial charge in [0.05, 0.1) is 13.9 Å². The summed E-state index contributed by atoms with van der Waals surface area (Å²) in [5.41, 5.74) is 1.96. The van der Waals surface area contributed by atoms with Crippen molar-refractivity contribution in [1.29, 1.82) is 0 Å². The van der Waals surface area contributed by atoms with Crippen LogP contribution in [-0.4, -0.2) is 21.7 Å². The first-order valence-electron chi connectivity index (χ1n) is 8.00. The van der Waals surface area contributed by atoms with E-state index >= 15 is 0 Å². The first-order chi connectivity index (χ1) is 12.9. The summed E-state index contributed by atoms with van der Waals surface area (Å²) in [4.78, 5) is 14.6. The van der Waals surface area contributed by atoms with E-state index in [2.05, 4.69) is 47.8 Å². The maximum Gasteiger partial charge on any atom is 0.266 e. The Hall–Kier alpha value is -0.670. The third-order valence-corrected chi connectivity index (χ3v) is 6.89. The first-order valence-corrected chi connectivity index (χ1v) is 11.6. The SMILES string of the molecule is CCN1C(=O)/C(=C/c2cc(Br)c(OCc3ccc(Br)cc3)c(Br)c2)SC1=S. The molecule has 1 saturated heterocycles. The van der Waals surface area contributed by atoms with Crippen LogP contribution in [0.25, 0.3) is 6.08 Å². The van der Waals surface area contributed by atoms with Gasteiger partial charge in [-0.15, -0.1) is 0 Å². The van der Waals surface area contributed by atoms with Crippen LogP contribution in [0.15, 0.2) is 54.7 Å². The lowest BCUT2D eigenvalue weighted by atomic mass is 10.2. The van der Waals surface area contributed by atoms with Crippen molar-refractivity contribution in [3.05, 3.63) is 65.8 Å². The second kappa shape index (κ2) is 9.22. The number of carbonyl (C=O) groups is 1. The number of ether oxygens (including phenoxy) is 1. The van der Waals surface area contributed by atoms with Gasteiger partial charge >= 0.3 is 0 Å². The van der Waals surface area contributed by atoms with Crippen molar-refractivity contribution in [3.8, 4) is 5.75 Å². The lowest BCUT2D eigenvalue weighted by Crippen LogP contribution is -2.27. The molecule has 0 aromatic heterocycles. The minimum absolute atomic E-state index is 0.0460. The number of rotatable bonds is 5. The third-order valence-electron chi connectivity index (χ3n) is 3.80. The Labute approximate surface area is 192 Å². The third kappa shape index (κ3) is 5.03. The standard InChI is InChI=1S/C19H14Br3NO2S2/c1-2-23-18(24)16(27-19(23)26)9-12-7-14(21)17(15(22)8-12)25-10-11-3-5-13(20)6-4-11/h3-9H,2,10H2,1H3/b16-9-. The Kier molecular flexibility index (Phi) is 7.19. The van der Waals surface area contributed by atoms with Crippen LogP contribution in [0, 0.1) is 0 Å². The van der Waals surface area contributed by atoms with Crippen LogP contribution in [0.3, 0.4) is 0 Å². The van der Waals surface area contributed by atoms with Crippen LogP contribution in [-0.2, 0) is 11.4 Å². The van der Waals surface area contributed by atoms with Gasteiger partial charge in [-0.25, -0.2) is 0 Å². The van der Waals surface area contributed by atoms with Crippen molar-refractivity contribution >= 4 is 88.1 Å². The maximum atomic E-state index is 12.4. The summed E-state index contributed by atoms with van der Waals surface area (Å²) >= 11 is 17.1. The molecule has 0 radical (unpaired) electrons. The molecule has 0 bridgehead atoms. The maximum absolute atomic E-state index is 12.4. The molecular weight excluding hydrogens is 578 g/mol. The summed E-state index contributed by atoms with van der Waals surface area (Å²) in [5.74, 6) is 0.673. The van der Waals surface area contributed by atoms with Crippen molar-refractivity contribution in [2.24, 2.45) is 0 Å². The van der Waals surface area contributed by atoms with Crippen molar-refractivity contribution in [1.82, 2.24) is 4.90 Å². The number of carbonyl (C=O) groups excluding carboxylic acids is 1. The fraction of sp³-hybridized carbons (Fsp3) is 0.158. The molecule has 2 aromatic rings. The predicted octanol–water partition coefficient (Wildman–Crippen LogP) is 6.77. The smallest absolute Gasteiger partial charge is 0.266 e. The second-order valence-electron chi connectivity index (χ2n) is 5.65. The number of hydrogen-bond acceptors (Lipinski definition) is 4. The lowest BCUT2D eigenvalue weighted by Gasteiger charge is -2.12. The van der Waals surface area contributed by atoms with Crippen LogP contribution < -0.4 is 4.74 Å². The summed E-state index contributed by atoms with van der Waals surface area (Å²) in [6, 6.07) is 11.9. The van der Waals surface area contributed by atoms with E-state index in [9.17, 15) is 4.79 Å². The molecule has 0 atom stereocenters. The molecule has 140 valence electrons. The zero-order valence-electron chi connectivity index (χ0n) is 14.2. The molecule has 1 fully saturated rings. The molecular formula is C19H14Br3NO2S2. The van der Waals surface area contributed by atoms with Gasteiger partial charge in [0.25, 0.3) is 5.91 Å². The number of thioether (sulfide) groups is 1. The van der Waals surface area contributed by atoms with Crippen LogP contribution >= 0.6 is 71.8 Å². The van der Waals surface area contributed by atoms with Gasteiger partial charge in [-0.05, 0) is 80.3 Å². The minimum Gasteiger partial charge on any atom is -0.487 e. The quantitative estimate of drug-likeness (QED) is 0.283. The second-order valence-corrected chi connectivity index (χ2v) is 9.95. The highest BCUT2D eigenvalue weighted by atomic mass is 79.9. The number of benzene rings is 2. The molecule has 0 aliphatic carbocycles. The summed E-state index contributed by atoms with van der Waals surface area (Å²) in [5, 5.41) is 0. The van der Waals surface area contributed by atoms with Crippen molar-refractivity contribution in [2.45, 2.75) is 13.5 Å². The predicted molar refractivity (Wildman–Crippen MR) is 126 cm³/mol. The first kappa shape index (κ1) is 21.0. The summed E-state index contributed by atoms with van der Waals surface area (Å²) in [6.07, 6.45) is 1.85. The zero-order chi connectivity index (χ0) is 19.6. The highest BCUT2D eigenvalue weighted by Crippen LogP contribution is 2.38. The Balaban J connectivity index is 1.79. The molecule has 2 aromatic carbocycles. The number of amides is 1. The van der Waals surface area contributed by atoms with Gasteiger partial charge in [-0.3, -0.25) is 9.69 Å². The van der Waals surface area contributed by atoms with Crippen LogP contribution in [0.5, 0.6) is 5.75 Å². The van der Waals surface area contributed by atoms with E-state index < -0.39 is 0 Å². The Morgan fingerprint density at radius 1 is 1.15 bits per heavy atom. The summed E-state index contributed by atoms with van der Waals surface area (Å²) in [7, 11) is 0. The molecule has 1 amide bonds. The number of hydrogen-bond donors (Lipinski definition) is 0. The Morgan fingerprint density at radius 3 is 2.33 bits per heavy atom. The van der Waals surface area contributed by atoms with Gasteiger partial charge in [0.15, 0.2) is 0 Å². The van der Waals surface area contributed by atoms with E-state index in [1.54, 1.807) is 4.90 Å². The van der Waals surface area contributed by atoms with Gasteiger partial charge < -0.3 is 4.74 Å². The minimum atomic E-state index is -0.0460. The highest BCUT2D eigenvalue weighted by molar-refractivity contribution is 9.11. The monoisotopic (exact) mass is 589 g/mol. The van der Waals surface area contributed by atoms with E-state index in [0.717, 1.165) is 30.3 Å². The summed E-state index contributed by atoms with van der Waals surface area (Å²) < 4.78 is 9.22. The number of halogens is 3. The van der Waals surface area contributed by atoms with E-state index in [4.69, 9.17) is 17.0 Å². The van der Waals surface area contributed by atoms with Crippen molar-refractivity contribution < 1.29 is 9.53 Å². The van der Waals surface area contributed by atoms with Gasteiger partial charge in [0, 0.05) is 11.0 Å². The number of thiocarbonyl (C=S) groups is 1. The molecule has 3 nitrogen and oxygen atoms in total. The average molecular weight is 592 g/mol. The van der Waals surface area contributed by atoms with E-state index in [1.165, 1.54) is 11.8 Å². The number of nitrogens with zero attached hydrogens (tertiary/aromatic N) is 1. The highest BCUT2D eigenvalue weighted by Gasteiger charge is 2.30. The Bertz CT molecular complexity index is 906. The van der Waals surface area contributed by atoms with Crippen LogP contribution in [0.1, 0.15) is 18.1 Å². The van der Waals surface area contributed by atoms with Gasteiger partial charge in [0.2, 0.25) is 0 Å². The van der Waals surface area contributed by atoms with Crippen molar-refractivity contribution in [2.75, 3.05) is 6.54 Å². The molecule has 0 unspecified atom stereocenters. The van der Waals surface area contributed by atoms with Crippen LogP contribution in [0.2, 0.25) is 0 Å².